The van der Waals surface area contributed by atoms with Crippen LogP contribution in [0, 0.1) is 21.4 Å². The van der Waals surface area contributed by atoms with Gasteiger partial charge in [0.1, 0.15) is 17.5 Å². The summed E-state index contributed by atoms with van der Waals surface area (Å²) >= 11 is 0. The maximum Gasteiger partial charge on any atom is 0.369 e. The number of carbonyl (C=O) groups is 1. The number of phenolic OH excluding ortho intramolecular Hbond substituents is 1. The molecule has 0 saturated carbocycles. The third-order valence-electron chi connectivity index (χ3n) is 2.05. The minimum Gasteiger partial charge on any atom is -0.506 e. The van der Waals surface area contributed by atoms with Crippen molar-refractivity contribution < 1.29 is 19.6 Å². The third-order valence-corrected chi connectivity index (χ3v) is 2.05. The molecule has 0 aliphatic heterocycles. The van der Waals surface area contributed by atoms with E-state index in [1.165, 1.54) is 6.07 Å². The molecule has 0 atom stereocenters. The fourth-order valence-electron chi connectivity index (χ4n) is 1.16. The normalized spacial score (nSPS) is 10.5. The molecule has 1 aromatic carbocycles. The second-order valence-electron chi connectivity index (χ2n) is 3.36. The number of nitro groups is 1. The third kappa shape index (κ3) is 3.67. The number of esters is 1. The molecule has 0 unspecified atom stereocenters. The molecule has 0 spiro atoms. The molecule has 1 rings (SSSR count). The number of phenols is 1. The van der Waals surface area contributed by atoms with Crippen molar-refractivity contribution in [2.75, 3.05) is 12.0 Å². The molecule has 1 aromatic rings. The first-order valence-electron chi connectivity index (χ1n) is 5.38. The Hall–Kier alpha value is -3.15. The Morgan fingerprint density at radius 1 is 1.65 bits per heavy atom. The van der Waals surface area contributed by atoms with Gasteiger partial charge in [-0.2, -0.15) is 10.4 Å². The fraction of sp³-hybridized carbons (Fsp3) is 0.182. The van der Waals surface area contributed by atoms with Gasteiger partial charge in [-0.3, -0.25) is 15.5 Å². The zero-order chi connectivity index (χ0) is 15.1. The van der Waals surface area contributed by atoms with Crippen LogP contribution in [-0.2, 0) is 9.53 Å². The van der Waals surface area contributed by atoms with E-state index < -0.39 is 16.6 Å². The predicted molar refractivity (Wildman–Crippen MR) is 68.1 cm³/mol. The molecule has 0 aromatic heterocycles. The van der Waals surface area contributed by atoms with E-state index in [0.29, 0.717) is 0 Å². The molecule has 0 heterocycles. The highest BCUT2D eigenvalue weighted by molar-refractivity contribution is 6.43. The Morgan fingerprint density at radius 2 is 2.35 bits per heavy atom. The van der Waals surface area contributed by atoms with Crippen LogP contribution in [0.2, 0.25) is 0 Å². The van der Waals surface area contributed by atoms with Crippen molar-refractivity contribution in [1.29, 1.82) is 5.26 Å². The van der Waals surface area contributed by atoms with Crippen LogP contribution in [0.1, 0.15) is 6.92 Å². The zero-order valence-corrected chi connectivity index (χ0v) is 10.4. The van der Waals surface area contributed by atoms with Gasteiger partial charge in [0.05, 0.1) is 11.5 Å². The second kappa shape index (κ2) is 6.69. The van der Waals surface area contributed by atoms with Crippen molar-refractivity contribution in [2.24, 2.45) is 5.10 Å². The summed E-state index contributed by atoms with van der Waals surface area (Å²) in [6.45, 7) is 1.63. The van der Waals surface area contributed by atoms with Crippen LogP contribution in [0.5, 0.6) is 5.75 Å². The van der Waals surface area contributed by atoms with E-state index in [2.05, 4.69) is 15.3 Å². The number of nitrogens with one attached hydrogen (secondary N) is 1. The number of nitro benzene ring substituents is 1. The number of hydrogen-bond acceptors (Lipinski definition) is 8. The Morgan fingerprint density at radius 3 is 2.90 bits per heavy atom. The van der Waals surface area contributed by atoms with Gasteiger partial charge in [0, 0.05) is 12.1 Å². The van der Waals surface area contributed by atoms with Crippen LogP contribution in [0.3, 0.4) is 0 Å². The molecule has 0 radical (unpaired) electrons. The van der Waals surface area contributed by atoms with Crippen molar-refractivity contribution in [1.82, 2.24) is 0 Å². The fourth-order valence-corrected chi connectivity index (χ4v) is 1.16. The average Bonchev–Trinajstić information content (AvgIpc) is 2.41. The van der Waals surface area contributed by atoms with Gasteiger partial charge in [0.15, 0.2) is 0 Å². The minimum atomic E-state index is -0.938. The van der Waals surface area contributed by atoms with E-state index in [1.54, 1.807) is 6.92 Å². The molecular formula is C11H10N4O5. The lowest BCUT2D eigenvalue weighted by Gasteiger charge is -2.04. The first-order valence-corrected chi connectivity index (χ1v) is 5.38. The number of rotatable bonds is 5. The predicted octanol–water partition coefficient (Wildman–Crippen LogP) is 1.15. The highest BCUT2D eigenvalue weighted by Crippen LogP contribution is 2.27. The van der Waals surface area contributed by atoms with E-state index in [9.17, 15) is 20.0 Å². The summed E-state index contributed by atoms with van der Waals surface area (Å²) in [4.78, 5) is 21.2. The van der Waals surface area contributed by atoms with Crippen molar-refractivity contribution in [3.8, 4) is 11.8 Å². The summed E-state index contributed by atoms with van der Waals surface area (Å²) in [5.41, 5.74) is 1.24. The lowest BCUT2D eigenvalue weighted by molar-refractivity contribution is -0.384. The average molecular weight is 278 g/mol. The molecule has 9 nitrogen and oxygen atoms in total. The van der Waals surface area contributed by atoms with Crippen molar-refractivity contribution in [3.05, 3.63) is 28.3 Å². The minimum absolute atomic E-state index is 0.0710. The van der Waals surface area contributed by atoms with Crippen LogP contribution in [-0.4, -0.2) is 28.3 Å². The number of hydrazone groups is 1. The van der Waals surface area contributed by atoms with Gasteiger partial charge < -0.3 is 9.84 Å². The first kappa shape index (κ1) is 14.9. The highest BCUT2D eigenvalue weighted by Gasteiger charge is 2.14. The molecule has 20 heavy (non-hydrogen) atoms. The van der Waals surface area contributed by atoms with Gasteiger partial charge >= 0.3 is 5.97 Å². The summed E-state index contributed by atoms with van der Waals surface area (Å²) in [6, 6.07) is 4.71. The maximum atomic E-state index is 11.3. The number of carbonyl (C=O) groups excluding carboxylic acids is 1. The van der Waals surface area contributed by atoms with Crippen molar-refractivity contribution in [2.45, 2.75) is 6.92 Å². The molecule has 2 N–H and O–H groups in total. The van der Waals surface area contributed by atoms with E-state index in [0.717, 1.165) is 18.2 Å². The molecule has 0 saturated heterocycles. The number of nitriles is 1. The van der Waals surface area contributed by atoms with Gasteiger partial charge in [-0.25, -0.2) is 4.79 Å². The topological polar surface area (TPSA) is 138 Å². The number of aromatic hydroxyl groups is 1. The largest absolute Gasteiger partial charge is 0.506 e. The van der Waals surface area contributed by atoms with Gasteiger partial charge in [-0.1, -0.05) is 0 Å². The number of non-ortho nitro benzene ring substituents is 1. The smallest absolute Gasteiger partial charge is 0.369 e. The van der Waals surface area contributed by atoms with Crippen LogP contribution in [0.4, 0.5) is 11.4 Å². The monoisotopic (exact) mass is 278 g/mol. The number of benzene rings is 1. The quantitative estimate of drug-likeness (QED) is 0.271. The molecule has 0 fully saturated rings. The summed E-state index contributed by atoms with van der Waals surface area (Å²) in [5.74, 6) is -1.26. The molecular weight excluding hydrogens is 268 g/mol. The van der Waals surface area contributed by atoms with Crippen LogP contribution in [0.15, 0.2) is 23.3 Å². The first-order chi connectivity index (χ1) is 9.49. The van der Waals surface area contributed by atoms with Crippen LogP contribution >= 0.6 is 0 Å². The van der Waals surface area contributed by atoms with Gasteiger partial charge in [-0.05, 0) is 13.0 Å². The number of hydrogen-bond donors (Lipinski definition) is 2. The molecule has 0 aliphatic carbocycles. The van der Waals surface area contributed by atoms with E-state index >= 15 is 0 Å². The van der Waals surface area contributed by atoms with E-state index in [4.69, 9.17) is 5.26 Å². The lowest BCUT2D eigenvalue weighted by atomic mass is 10.2. The van der Waals surface area contributed by atoms with Crippen molar-refractivity contribution >= 4 is 23.1 Å². The Labute approximate surface area is 113 Å². The summed E-state index contributed by atoms with van der Waals surface area (Å²) in [7, 11) is 0. The van der Waals surface area contributed by atoms with Crippen molar-refractivity contribution in [3.63, 3.8) is 0 Å². The highest BCUT2D eigenvalue weighted by atomic mass is 16.6. The van der Waals surface area contributed by atoms with Gasteiger partial charge in [0.2, 0.25) is 5.71 Å². The molecule has 0 bridgehead atoms. The maximum absolute atomic E-state index is 11.3. The Bertz CT molecular complexity index is 605. The van der Waals surface area contributed by atoms with Gasteiger partial charge in [0.25, 0.3) is 5.69 Å². The molecule has 9 heteroatoms. The summed E-state index contributed by atoms with van der Waals surface area (Å²) in [6.07, 6.45) is 0. The summed E-state index contributed by atoms with van der Waals surface area (Å²) in [5, 5.41) is 32.2. The number of nitrogens with zero attached hydrogens (tertiary/aromatic N) is 3. The SMILES string of the molecule is CCOC(=O)C(C#N)=NNc1cc([N+](=O)[O-])ccc1O. The number of ether oxygens (including phenoxy) is 1. The van der Waals surface area contributed by atoms with Gasteiger partial charge in [-0.15, -0.1) is 0 Å². The lowest BCUT2D eigenvalue weighted by Crippen LogP contribution is -2.17. The van der Waals surface area contributed by atoms with Crippen LogP contribution < -0.4 is 5.43 Å². The Kier molecular flexibility index (Phi) is 4.99. The number of anilines is 1. The van der Waals surface area contributed by atoms with E-state index in [-0.39, 0.29) is 23.7 Å². The standard InChI is InChI=1S/C11H10N4O5/c1-2-20-11(17)9(6-12)14-13-8-5-7(15(18)19)3-4-10(8)16/h3-5,13,16H,2H2,1H3. The zero-order valence-electron chi connectivity index (χ0n) is 10.4. The molecule has 104 valence electrons. The Balaban J connectivity index is 2.98. The van der Waals surface area contributed by atoms with E-state index in [1.807, 2.05) is 0 Å². The molecule has 0 amide bonds. The molecule has 0 aliphatic rings. The second-order valence-corrected chi connectivity index (χ2v) is 3.36. The summed E-state index contributed by atoms with van der Waals surface area (Å²) < 4.78 is 4.57. The van der Waals surface area contributed by atoms with Crippen LogP contribution in [0.25, 0.3) is 0 Å².